The standard InChI is InChI=1S/C13H26N4O/c1-5-11(14)6-7-12-13(18-4)10-15-17(12)9-8-16(2)3/h10-11H,5-9,14H2,1-4H3. The number of likely N-dealkylation sites (N-methyl/N-ethyl adjacent to an activating group) is 1. The van der Waals surface area contributed by atoms with Gasteiger partial charge in [0.1, 0.15) is 0 Å². The molecule has 0 amide bonds. The topological polar surface area (TPSA) is 56.3 Å². The smallest absolute Gasteiger partial charge is 0.159 e. The second-order valence-corrected chi connectivity index (χ2v) is 4.89. The molecule has 0 bridgehead atoms. The molecule has 0 aromatic carbocycles. The van der Waals surface area contributed by atoms with Gasteiger partial charge in [0.15, 0.2) is 5.75 Å². The minimum atomic E-state index is 0.256. The zero-order chi connectivity index (χ0) is 13.5. The average Bonchev–Trinajstić information content (AvgIpc) is 2.75. The summed E-state index contributed by atoms with van der Waals surface area (Å²) >= 11 is 0. The zero-order valence-corrected chi connectivity index (χ0v) is 12.0. The van der Waals surface area contributed by atoms with E-state index in [2.05, 4.69) is 31.0 Å². The van der Waals surface area contributed by atoms with Gasteiger partial charge >= 0.3 is 0 Å². The van der Waals surface area contributed by atoms with Crippen molar-refractivity contribution in [1.29, 1.82) is 0 Å². The van der Waals surface area contributed by atoms with Crippen molar-refractivity contribution in [2.75, 3.05) is 27.7 Å². The van der Waals surface area contributed by atoms with Gasteiger partial charge in [-0.3, -0.25) is 4.68 Å². The summed E-state index contributed by atoms with van der Waals surface area (Å²) in [4.78, 5) is 2.15. The largest absolute Gasteiger partial charge is 0.493 e. The summed E-state index contributed by atoms with van der Waals surface area (Å²) in [5.41, 5.74) is 7.13. The number of nitrogens with two attached hydrogens (primary N) is 1. The Kier molecular flexibility index (Phi) is 6.15. The zero-order valence-electron chi connectivity index (χ0n) is 12.0. The van der Waals surface area contributed by atoms with Crippen LogP contribution in [0.15, 0.2) is 6.20 Å². The van der Waals surface area contributed by atoms with Crippen molar-refractivity contribution in [2.45, 2.75) is 38.8 Å². The van der Waals surface area contributed by atoms with Gasteiger partial charge in [0.2, 0.25) is 0 Å². The van der Waals surface area contributed by atoms with Crippen molar-refractivity contribution in [1.82, 2.24) is 14.7 Å². The monoisotopic (exact) mass is 254 g/mol. The molecule has 0 fully saturated rings. The molecule has 1 aromatic heterocycles. The normalized spacial score (nSPS) is 13.0. The first-order valence-electron chi connectivity index (χ1n) is 6.57. The highest BCUT2D eigenvalue weighted by Crippen LogP contribution is 2.19. The number of aromatic nitrogens is 2. The molecule has 0 aliphatic rings. The molecule has 2 N–H and O–H groups in total. The van der Waals surface area contributed by atoms with E-state index < -0.39 is 0 Å². The quantitative estimate of drug-likeness (QED) is 0.755. The molecule has 0 radical (unpaired) electrons. The number of rotatable bonds is 8. The van der Waals surface area contributed by atoms with Gasteiger partial charge in [-0.15, -0.1) is 0 Å². The van der Waals surface area contributed by atoms with Gasteiger partial charge in [-0.25, -0.2) is 0 Å². The van der Waals surface area contributed by atoms with Gasteiger partial charge in [-0.2, -0.15) is 5.10 Å². The maximum atomic E-state index is 5.97. The molecule has 18 heavy (non-hydrogen) atoms. The fourth-order valence-corrected chi connectivity index (χ4v) is 1.83. The van der Waals surface area contributed by atoms with Crippen LogP contribution in [0.2, 0.25) is 0 Å². The second kappa shape index (κ2) is 7.38. The molecule has 0 spiro atoms. The number of hydrogen-bond acceptors (Lipinski definition) is 4. The van der Waals surface area contributed by atoms with Crippen LogP contribution in [0.4, 0.5) is 0 Å². The van der Waals surface area contributed by atoms with Crippen LogP contribution in [0.25, 0.3) is 0 Å². The van der Waals surface area contributed by atoms with Crippen LogP contribution >= 0.6 is 0 Å². The van der Waals surface area contributed by atoms with E-state index in [0.717, 1.165) is 43.8 Å². The number of ether oxygens (including phenoxy) is 1. The first-order valence-corrected chi connectivity index (χ1v) is 6.57. The maximum Gasteiger partial charge on any atom is 0.159 e. The molecule has 5 nitrogen and oxygen atoms in total. The van der Waals surface area contributed by atoms with Gasteiger partial charge in [0.05, 0.1) is 25.5 Å². The van der Waals surface area contributed by atoms with Crippen molar-refractivity contribution in [2.24, 2.45) is 5.73 Å². The molecule has 0 saturated heterocycles. The lowest BCUT2D eigenvalue weighted by Gasteiger charge is -2.14. The Morgan fingerprint density at radius 2 is 2.22 bits per heavy atom. The molecule has 5 heteroatoms. The third-order valence-corrected chi connectivity index (χ3v) is 3.17. The van der Waals surface area contributed by atoms with Gasteiger partial charge in [0, 0.05) is 12.6 Å². The van der Waals surface area contributed by atoms with Gasteiger partial charge in [0.25, 0.3) is 0 Å². The molecule has 1 rings (SSSR count). The van der Waals surface area contributed by atoms with Gasteiger partial charge in [-0.1, -0.05) is 6.92 Å². The van der Waals surface area contributed by atoms with Crippen LogP contribution in [0.1, 0.15) is 25.5 Å². The Labute approximate surface area is 110 Å². The molecule has 0 saturated carbocycles. The number of hydrogen-bond donors (Lipinski definition) is 1. The Morgan fingerprint density at radius 1 is 1.50 bits per heavy atom. The Hall–Kier alpha value is -1.07. The van der Waals surface area contributed by atoms with E-state index in [1.165, 1.54) is 0 Å². The van der Waals surface area contributed by atoms with E-state index in [-0.39, 0.29) is 6.04 Å². The molecule has 0 aliphatic carbocycles. The molecule has 1 unspecified atom stereocenters. The summed E-state index contributed by atoms with van der Waals surface area (Å²) in [6.45, 7) is 3.97. The molecular formula is C13H26N4O. The van der Waals surface area contributed by atoms with Crippen LogP contribution in [0.3, 0.4) is 0 Å². The maximum absolute atomic E-state index is 5.97. The van der Waals surface area contributed by atoms with Crippen molar-refractivity contribution < 1.29 is 4.74 Å². The summed E-state index contributed by atoms with van der Waals surface area (Å²) in [7, 11) is 5.82. The number of methoxy groups -OCH3 is 1. The first kappa shape index (κ1) is 15.0. The third-order valence-electron chi connectivity index (χ3n) is 3.17. The molecule has 104 valence electrons. The number of nitrogens with zero attached hydrogens (tertiary/aromatic N) is 3. The van der Waals surface area contributed by atoms with Crippen LogP contribution in [0, 0.1) is 0 Å². The van der Waals surface area contributed by atoms with E-state index in [9.17, 15) is 0 Å². The van der Waals surface area contributed by atoms with E-state index in [0.29, 0.717) is 0 Å². The SMILES string of the molecule is CCC(N)CCc1c(OC)cnn1CCN(C)C. The lowest BCUT2D eigenvalue weighted by Crippen LogP contribution is -2.22. The van der Waals surface area contributed by atoms with Gasteiger partial charge < -0.3 is 15.4 Å². The fourth-order valence-electron chi connectivity index (χ4n) is 1.83. The summed E-state index contributed by atoms with van der Waals surface area (Å²) in [6, 6.07) is 0.256. The lowest BCUT2D eigenvalue weighted by molar-refractivity contribution is 0.364. The van der Waals surface area contributed by atoms with Crippen molar-refractivity contribution in [3.05, 3.63) is 11.9 Å². The lowest BCUT2D eigenvalue weighted by atomic mass is 10.1. The first-order chi connectivity index (χ1) is 8.58. The predicted molar refractivity (Wildman–Crippen MR) is 73.9 cm³/mol. The molecule has 0 aliphatic heterocycles. The Balaban J connectivity index is 2.68. The summed E-state index contributed by atoms with van der Waals surface area (Å²) < 4.78 is 7.39. The van der Waals surface area contributed by atoms with E-state index in [1.807, 2.05) is 4.68 Å². The minimum Gasteiger partial charge on any atom is -0.493 e. The molecule has 1 aromatic rings. The highest BCUT2D eigenvalue weighted by atomic mass is 16.5. The van der Waals surface area contributed by atoms with Crippen LogP contribution in [-0.2, 0) is 13.0 Å². The molecule has 1 atom stereocenters. The van der Waals surface area contributed by atoms with Crippen LogP contribution in [0.5, 0.6) is 5.75 Å². The minimum absolute atomic E-state index is 0.256. The van der Waals surface area contributed by atoms with E-state index in [1.54, 1.807) is 13.3 Å². The average molecular weight is 254 g/mol. The van der Waals surface area contributed by atoms with E-state index in [4.69, 9.17) is 10.5 Å². The van der Waals surface area contributed by atoms with Gasteiger partial charge in [-0.05, 0) is 33.4 Å². The third kappa shape index (κ3) is 4.31. The van der Waals surface area contributed by atoms with Crippen LogP contribution < -0.4 is 10.5 Å². The summed E-state index contributed by atoms with van der Waals surface area (Å²) in [6.07, 6.45) is 4.70. The predicted octanol–water partition coefficient (Wildman–Crippen LogP) is 1.12. The Morgan fingerprint density at radius 3 is 2.78 bits per heavy atom. The molecule has 1 heterocycles. The van der Waals surface area contributed by atoms with Crippen LogP contribution in [-0.4, -0.2) is 48.5 Å². The summed E-state index contributed by atoms with van der Waals surface area (Å²) in [5.74, 6) is 0.872. The van der Waals surface area contributed by atoms with E-state index >= 15 is 0 Å². The highest BCUT2D eigenvalue weighted by molar-refractivity contribution is 5.25. The van der Waals surface area contributed by atoms with Crippen molar-refractivity contribution >= 4 is 0 Å². The highest BCUT2D eigenvalue weighted by Gasteiger charge is 2.12. The fraction of sp³-hybridized carbons (Fsp3) is 0.769. The van der Waals surface area contributed by atoms with Crippen molar-refractivity contribution in [3.63, 3.8) is 0 Å². The molecular weight excluding hydrogens is 228 g/mol. The van der Waals surface area contributed by atoms with Crippen molar-refractivity contribution in [3.8, 4) is 5.75 Å². The summed E-state index contributed by atoms with van der Waals surface area (Å²) in [5, 5.41) is 4.39. The Bertz CT molecular complexity index is 349. The second-order valence-electron chi connectivity index (χ2n) is 4.89.